The van der Waals surface area contributed by atoms with Crippen molar-refractivity contribution in [2.75, 3.05) is 6.54 Å². The molecule has 0 bridgehead atoms. The van der Waals surface area contributed by atoms with Crippen LogP contribution in [0, 0.1) is 5.92 Å². The summed E-state index contributed by atoms with van der Waals surface area (Å²) in [4.78, 5) is 25.1. The van der Waals surface area contributed by atoms with Crippen LogP contribution in [0.2, 0.25) is 0 Å². The SMILES string of the molecule is CCN(Cc1cc(C(F)(F)F)ccc1-c1cccc(CC(=O)O)c1)C(=O)C1CC1. The summed E-state index contributed by atoms with van der Waals surface area (Å²) in [5.74, 6) is -1.04. The van der Waals surface area contributed by atoms with Crippen molar-refractivity contribution in [2.45, 2.75) is 38.9 Å². The summed E-state index contributed by atoms with van der Waals surface area (Å²) in [6, 6.07) is 10.2. The zero-order valence-electron chi connectivity index (χ0n) is 16.0. The topological polar surface area (TPSA) is 57.6 Å². The fraction of sp³-hybridized carbons (Fsp3) is 0.364. The van der Waals surface area contributed by atoms with E-state index < -0.39 is 17.7 Å². The largest absolute Gasteiger partial charge is 0.481 e. The summed E-state index contributed by atoms with van der Waals surface area (Å²) in [5.41, 5.74) is 1.37. The van der Waals surface area contributed by atoms with Crippen molar-refractivity contribution in [1.82, 2.24) is 4.90 Å². The first-order valence-electron chi connectivity index (χ1n) is 9.49. The van der Waals surface area contributed by atoms with Crippen molar-refractivity contribution in [1.29, 1.82) is 0 Å². The van der Waals surface area contributed by atoms with Crippen LogP contribution >= 0.6 is 0 Å². The van der Waals surface area contributed by atoms with Crippen LogP contribution in [0.3, 0.4) is 0 Å². The fourth-order valence-corrected chi connectivity index (χ4v) is 3.35. The number of amides is 1. The van der Waals surface area contributed by atoms with Crippen molar-refractivity contribution < 1.29 is 27.9 Å². The highest BCUT2D eigenvalue weighted by Gasteiger charge is 2.34. The predicted molar refractivity (Wildman–Crippen MR) is 102 cm³/mol. The summed E-state index contributed by atoms with van der Waals surface area (Å²) >= 11 is 0. The molecular formula is C22H22F3NO3. The minimum Gasteiger partial charge on any atom is -0.481 e. The molecular weight excluding hydrogens is 383 g/mol. The normalized spacial score (nSPS) is 13.9. The van der Waals surface area contributed by atoms with Gasteiger partial charge in [0.2, 0.25) is 5.91 Å². The maximum absolute atomic E-state index is 13.3. The number of nitrogens with zero attached hydrogens (tertiary/aromatic N) is 1. The highest BCUT2D eigenvalue weighted by molar-refractivity contribution is 5.81. The number of alkyl halides is 3. The average Bonchev–Trinajstić information content (AvgIpc) is 3.49. The molecule has 2 aromatic carbocycles. The number of aliphatic carboxylic acids is 1. The molecule has 4 nitrogen and oxygen atoms in total. The third kappa shape index (κ3) is 5.16. The summed E-state index contributed by atoms with van der Waals surface area (Å²) in [5, 5.41) is 9.01. The quantitative estimate of drug-likeness (QED) is 0.723. The van der Waals surface area contributed by atoms with E-state index in [-0.39, 0.29) is 24.8 Å². The van der Waals surface area contributed by atoms with Crippen LogP contribution in [0.4, 0.5) is 13.2 Å². The van der Waals surface area contributed by atoms with Gasteiger partial charge in [-0.3, -0.25) is 9.59 Å². The van der Waals surface area contributed by atoms with Crippen molar-refractivity contribution in [2.24, 2.45) is 5.92 Å². The van der Waals surface area contributed by atoms with E-state index in [0.717, 1.165) is 25.0 Å². The highest BCUT2D eigenvalue weighted by Crippen LogP contribution is 2.36. The Bertz CT molecular complexity index is 920. The minimum atomic E-state index is -4.49. The lowest BCUT2D eigenvalue weighted by atomic mass is 9.95. The standard InChI is InChI=1S/C22H22F3NO3/c1-2-26(21(29)15-6-7-15)13-17-12-18(22(23,24)25)8-9-19(17)16-5-3-4-14(10-16)11-20(27)28/h3-5,8-10,12,15H,2,6-7,11,13H2,1H3,(H,27,28). The number of halogens is 3. The molecule has 154 valence electrons. The van der Waals surface area contributed by atoms with Crippen LogP contribution in [-0.2, 0) is 28.7 Å². The molecule has 0 radical (unpaired) electrons. The lowest BCUT2D eigenvalue weighted by Gasteiger charge is -2.23. The van der Waals surface area contributed by atoms with Gasteiger partial charge in [0.15, 0.2) is 0 Å². The molecule has 1 fully saturated rings. The number of carbonyl (C=O) groups excluding carboxylic acids is 1. The first-order chi connectivity index (χ1) is 13.7. The van der Waals surface area contributed by atoms with Crippen molar-refractivity contribution in [3.8, 4) is 11.1 Å². The van der Waals surface area contributed by atoms with E-state index in [4.69, 9.17) is 5.11 Å². The molecule has 1 aliphatic rings. The van der Waals surface area contributed by atoms with Gasteiger partial charge in [-0.05, 0) is 54.2 Å². The van der Waals surface area contributed by atoms with Crippen molar-refractivity contribution >= 4 is 11.9 Å². The van der Waals surface area contributed by atoms with E-state index in [1.807, 2.05) is 0 Å². The molecule has 0 atom stereocenters. The zero-order chi connectivity index (χ0) is 21.2. The Morgan fingerprint density at radius 2 is 1.86 bits per heavy atom. The van der Waals surface area contributed by atoms with Gasteiger partial charge in [-0.25, -0.2) is 0 Å². The van der Waals surface area contributed by atoms with Crippen LogP contribution in [0.1, 0.15) is 36.5 Å². The molecule has 3 rings (SSSR count). The van der Waals surface area contributed by atoms with E-state index in [0.29, 0.717) is 28.8 Å². The van der Waals surface area contributed by atoms with Crippen LogP contribution in [0.5, 0.6) is 0 Å². The molecule has 29 heavy (non-hydrogen) atoms. The van der Waals surface area contributed by atoms with Gasteiger partial charge < -0.3 is 10.0 Å². The first kappa shape index (κ1) is 20.9. The molecule has 0 aromatic heterocycles. The second-order valence-corrected chi connectivity index (χ2v) is 7.27. The molecule has 0 saturated heterocycles. The van der Waals surface area contributed by atoms with Crippen LogP contribution in [-0.4, -0.2) is 28.4 Å². The molecule has 0 unspecified atom stereocenters. The maximum atomic E-state index is 13.3. The Balaban J connectivity index is 2.01. The van der Waals surface area contributed by atoms with Gasteiger partial charge >= 0.3 is 12.1 Å². The van der Waals surface area contributed by atoms with E-state index in [9.17, 15) is 22.8 Å². The second-order valence-electron chi connectivity index (χ2n) is 7.27. The molecule has 1 amide bonds. The molecule has 7 heteroatoms. The molecule has 1 saturated carbocycles. The number of hydrogen-bond donors (Lipinski definition) is 1. The lowest BCUT2D eigenvalue weighted by molar-refractivity contribution is -0.138. The zero-order valence-corrected chi connectivity index (χ0v) is 16.0. The van der Waals surface area contributed by atoms with Crippen LogP contribution in [0.15, 0.2) is 42.5 Å². The van der Waals surface area contributed by atoms with Crippen molar-refractivity contribution in [3.05, 3.63) is 59.2 Å². The number of carbonyl (C=O) groups is 2. The monoisotopic (exact) mass is 405 g/mol. The Morgan fingerprint density at radius 3 is 2.45 bits per heavy atom. The van der Waals surface area contributed by atoms with Crippen molar-refractivity contribution in [3.63, 3.8) is 0 Å². The van der Waals surface area contributed by atoms with Gasteiger partial charge in [-0.2, -0.15) is 13.2 Å². The molecule has 0 aliphatic heterocycles. The molecule has 1 aliphatic carbocycles. The van der Waals surface area contributed by atoms with Gasteiger partial charge in [0, 0.05) is 19.0 Å². The number of rotatable bonds is 7. The van der Waals surface area contributed by atoms with Gasteiger partial charge in [-0.15, -0.1) is 0 Å². The molecule has 2 aromatic rings. The van der Waals surface area contributed by atoms with E-state index in [1.165, 1.54) is 6.07 Å². The molecule has 0 heterocycles. The summed E-state index contributed by atoms with van der Waals surface area (Å²) in [7, 11) is 0. The Morgan fingerprint density at radius 1 is 1.14 bits per heavy atom. The second kappa shape index (κ2) is 8.27. The summed E-state index contributed by atoms with van der Waals surface area (Å²) < 4.78 is 39.8. The van der Waals surface area contributed by atoms with Gasteiger partial charge in [-0.1, -0.05) is 30.3 Å². The molecule has 0 spiro atoms. The Hall–Kier alpha value is -2.83. The Kier molecular flexibility index (Phi) is 5.96. The fourth-order valence-electron chi connectivity index (χ4n) is 3.35. The van der Waals surface area contributed by atoms with E-state index in [2.05, 4.69) is 0 Å². The van der Waals surface area contributed by atoms with Gasteiger partial charge in [0.25, 0.3) is 0 Å². The number of carboxylic acid groups (broad SMARTS) is 1. The minimum absolute atomic E-state index is 0.0249. The van der Waals surface area contributed by atoms with Gasteiger partial charge in [0.1, 0.15) is 0 Å². The maximum Gasteiger partial charge on any atom is 0.416 e. The molecule has 1 N–H and O–H groups in total. The number of carboxylic acids is 1. The highest BCUT2D eigenvalue weighted by atomic mass is 19.4. The van der Waals surface area contributed by atoms with E-state index >= 15 is 0 Å². The van der Waals surface area contributed by atoms with Crippen LogP contribution in [0.25, 0.3) is 11.1 Å². The third-order valence-electron chi connectivity index (χ3n) is 5.01. The predicted octanol–water partition coefficient (Wildman–Crippen LogP) is 4.76. The number of hydrogen-bond acceptors (Lipinski definition) is 2. The van der Waals surface area contributed by atoms with Gasteiger partial charge in [0.05, 0.1) is 12.0 Å². The first-order valence-corrected chi connectivity index (χ1v) is 9.49. The number of benzene rings is 2. The van der Waals surface area contributed by atoms with Crippen LogP contribution < -0.4 is 0 Å². The lowest BCUT2D eigenvalue weighted by Crippen LogP contribution is -2.31. The summed E-state index contributed by atoms with van der Waals surface area (Å²) in [6.07, 6.45) is -3.02. The Labute approximate surface area is 167 Å². The smallest absolute Gasteiger partial charge is 0.416 e. The average molecular weight is 405 g/mol. The van der Waals surface area contributed by atoms with E-state index in [1.54, 1.807) is 36.1 Å². The summed E-state index contributed by atoms with van der Waals surface area (Å²) in [6.45, 7) is 2.29. The third-order valence-corrected chi connectivity index (χ3v) is 5.01.